The molecule has 2 amide bonds. The lowest BCUT2D eigenvalue weighted by Gasteiger charge is -2.18. The van der Waals surface area contributed by atoms with Crippen molar-refractivity contribution in [1.82, 2.24) is 4.90 Å². The van der Waals surface area contributed by atoms with Gasteiger partial charge in [-0.15, -0.1) is 11.8 Å². The van der Waals surface area contributed by atoms with E-state index in [1.54, 1.807) is 30.9 Å². The second-order valence-corrected chi connectivity index (χ2v) is 6.90. The van der Waals surface area contributed by atoms with E-state index in [9.17, 15) is 18.4 Å². The Morgan fingerprint density at radius 2 is 2.00 bits per heavy atom. The number of hydrogen-bond donors (Lipinski definition) is 1. The van der Waals surface area contributed by atoms with E-state index in [1.807, 2.05) is 6.07 Å². The number of hydrogen-bond acceptors (Lipinski definition) is 3. The normalized spacial score (nSPS) is 13.6. The van der Waals surface area contributed by atoms with Crippen molar-refractivity contribution in [3.8, 4) is 0 Å². The number of fused-ring (bicyclic) bond motifs is 1. The fourth-order valence-corrected chi connectivity index (χ4v) is 3.49. The fraction of sp³-hybridized carbons (Fsp3) is 0.222. The summed E-state index contributed by atoms with van der Waals surface area (Å²) < 4.78 is 26.3. The molecule has 0 atom stereocenters. The summed E-state index contributed by atoms with van der Waals surface area (Å²) in [5, 5.41) is 2.80. The zero-order chi connectivity index (χ0) is 18.0. The molecule has 2 aromatic carbocycles. The van der Waals surface area contributed by atoms with Gasteiger partial charge in [-0.25, -0.2) is 8.78 Å². The van der Waals surface area contributed by atoms with Gasteiger partial charge in [0.15, 0.2) is 11.6 Å². The molecular formula is C18H16F2N2O2S. The van der Waals surface area contributed by atoms with Crippen LogP contribution in [0.2, 0.25) is 0 Å². The van der Waals surface area contributed by atoms with Gasteiger partial charge in [0, 0.05) is 36.2 Å². The summed E-state index contributed by atoms with van der Waals surface area (Å²) in [5.41, 5.74) is 1.54. The second kappa shape index (κ2) is 7.23. The van der Waals surface area contributed by atoms with Crippen LogP contribution in [-0.2, 0) is 11.3 Å². The first kappa shape index (κ1) is 17.4. The number of thioether (sulfide) groups is 1. The zero-order valence-electron chi connectivity index (χ0n) is 13.5. The van der Waals surface area contributed by atoms with E-state index in [-0.39, 0.29) is 18.4 Å². The molecule has 3 rings (SSSR count). The van der Waals surface area contributed by atoms with Crippen LogP contribution in [0.3, 0.4) is 0 Å². The Balaban J connectivity index is 1.78. The SMILES string of the molecule is CN(Cc1ccc(F)c(F)c1)C(=O)c1ccc2c(c1)NC(=O)CCS2. The lowest BCUT2D eigenvalue weighted by molar-refractivity contribution is -0.115. The Bertz CT molecular complexity index is 842. The van der Waals surface area contributed by atoms with Gasteiger partial charge in [0.05, 0.1) is 5.69 Å². The highest BCUT2D eigenvalue weighted by atomic mass is 32.2. The molecule has 0 radical (unpaired) electrons. The van der Waals surface area contributed by atoms with Crippen LogP contribution in [0.15, 0.2) is 41.3 Å². The number of nitrogens with zero attached hydrogens (tertiary/aromatic N) is 1. The molecule has 7 heteroatoms. The van der Waals surface area contributed by atoms with Crippen LogP contribution in [0.1, 0.15) is 22.3 Å². The molecular weight excluding hydrogens is 346 g/mol. The lowest BCUT2D eigenvalue weighted by Crippen LogP contribution is -2.26. The second-order valence-electron chi connectivity index (χ2n) is 5.77. The molecule has 1 aliphatic rings. The summed E-state index contributed by atoms with van der Waals surface area (Å²) in [6, 6.07) is 8.72. The predicted octanol–water partition coefficient (Wildman–Crippen LogP) is 3.67. The van der Waals surface area contributed by atoms with Crippen molar-refractivity contribution in [2.24, 2.45) is 0 Å². The molecule has 0 saturated heterocycles. The van der Waals surface area contributed by atoms with Crippen LogP contribution in [0, 0.1) is 11.6 Å². The van der Waals surface area contributed by atoms with Crippen LogP contribution in [0.5, 0.6) is 0 Å². The van der Waals surface area contributed by atoms with Crippen molar-refractivity contribution in [2.45, 2.75) is 17.9 Å². The predicted molar refractivity (Wildman–Crippen MR) is 92.6 cm³/mol. The van der Waals surface area contributed by atoms with E-state index in [0.717, 1.165) is 17.0 Å². The Morgan fingerprint density at radius 1 is 1.20 bits per heavy atom. The number of carbonyl (C=O) groups excluding carboxylic acids is 2. The number of halogens is 2. The summed E-state index contributed by atoms with van der Waals surface area (Å²) in [7, 11) is 1.59. The van der Waals surface area contributed by atoms with E-state index in [2.05, 4.69) is 5.32 Å². The molecule has 1 heterocycles. The molecule has 0 spiro atoms. The Hall–Kier alpha value is -2.41. The molecule has 0 fully saturated rings. The summed E-state index contributed by atoms with van der Waals surface area (Å²) >= 11 is 1.56. The maximum atomic E-state index is 13.3. The molecule has 4 nitrogen and oxygen atoms in total. The van der Waals surface area contributed by atoms with Crippen molar-refractivity contribution < 1.29 is 18.4 Å². The molecule has 0 aromatic heterocycles. The van der Waals surface area contributed by atoms with Gasteiger partial charge in [0.25, 0.3) is 5.91 Å². The summed E-state index contributed by atoms with van der Waals surface area (Å²) in [6.45, 7) is 0.147. The van der Waals surface area contributed by atoms with Gasteiger partial charge < -0.3 is 10.2 Å². The van der Waals surface area contributed by atoms with Crippen LogP contribution in [0.25, 0.3) is 0 Å². The van der Waals surface area contributed by atoms with Crippen molar-refractivity contribution in [3.63, 3.8) is 0 Å². The Morgan fingerprint density at radius 3 is 2.76 bits per heavy atom. The van der Waals surface area contributed by atoms with Gasteiger partial charge >= 0.3 is 0 Å². The van der Waals surface area contributed by atoms with Crippen molar-refractivity contribution in [1.29, 1.82) is 0 Å². The monoisotopic (exact) mass is 362 g/mol. The lowest BCUT2D eigenvalue weighted by atomic mass is 10.1. The minimum atomic E-state index is -0.942. The molecule has 2 aromatic rings. The van der Waals surface area contributed by atoms with Gasteiger partial charge in [-0.2, -0.15) is 0 Å². The summed E-state index contributed by atoms with van der Waals surface area (Å²) in [4.78, 5) is 26.6. The number of anilines is 1. The number of carbonyl (C=O) groups is 2. The molecule has 130 valence electrons. The smallest absolute Gasteiger partial charge is 0.253 e. The minimum absolute atomic E-state index is 0.0778. The average molecular weight is 362 g/mol. The van der Waals surface area contributed by atoms with Crippen molar-refractivity contribution in [3.05, 3.63) is 59.2 Å². The van der Waals surface area contributed by atoms with Gasteiger partial charge in [0.1, 0.15) is 0 Å². The van der Waals surface area contributed by atoms with E-state index >= 15 is 0 Å². The van der Waals surface area contributed by atoms with Crippen LogP contribution >= 0.6 is 11.8 Å². The molecule has 1 aliphatic heterocycles. The Labute approximate surface area is 148 Å². The van der Waals surface area contributed by atoms with E-state index in [0.29, 0.717) is 29.0 Å². The molecule has 25 heavy (non-hydrogen) atoms. The standard InChI is InChI=1S/C18H16F2N2O2S/c1-22(10-11-2-4-13(19)14(20)8-11)18(24)12-3-5-16-15(9-12)21-17(23)6-7-25-16/h2-5,8-9H,6-7,10H2,1H3,(H,21,23). The third kappa shape index (κ3) is 3.99. The molecule has 0 bridgehead atoms. The van der Waals surface area contributed by atoms with Gasteiger partial charge in [-0.3, -0.25) is 9.59 Å². The van der Waals surface area contributed by atoms with Crippen molar-refractivity contribution in [2.75, 3.05) is 18.1 Å². The third-order valence-electron chi connectivity index (χ3n) is 3.84. The first-order chi connectivity index (χ1) is 11.9. The van der Waals surface area contributed by atoms with Gasteiger partial charge in [0.2, 0.25) is 5.91 Å². The topological polar surface area (TPSA) is 49.4 Å². The summed E-state index contributed by atoms with van der Waals surface area (Å²) in [5.74, 6) is -1.51. The number of rotatable bonds is 3. The zero-order valence-corrected chi connectivity index (χ0v) is 14.3. The van der Waals surface area contributed by atoms with E-state index in [4.69, 9.17) is 0 Å². The first-order valence-corrected chi connectivity index (χ1v) is 8.68. The first-order valence-electron chi connectivity index (χ1n) is 7.70. The van der Waals surface area contributed by atoms with E-state index < -0.39 is 11.6 Å². The highest BCUT2D eigenvalue weighted by Crippen LogP contribution is 2.31. The maximum Gasteiger partial charge on any atom is 0.253 e. The fourth-order valence-electron chi connectivity index (χ4n) is 2.56. The number of benzene rings is 2. The van der Waals surface area contributed by atoms with Crippen LogP contribution in [0.4, 0.5) is 14.5 Å². The van der Waals surface area contributed by atoms with Crippen LogP contribution < -0.4 is 5.32 Å². The maximum absolute atomic E-state index is 13.3. The number of nitrogens with one attached hydrogen (secondary N) is 1. The molecule has 0 saturated carbocycles. The third-order valence-corrected chi connectivity index (χ3v) is 4.91. The average Bonchev–Trinajstić information content (AvgIpc) is 2.77. The van der Waals surface area contributed by atoms with Crippen molar-refractivity contribution >= 4 is 29.3 Å². The van der Waals surface area contributed by atoms with Gasteiger partial charge in [-0.05, 0) is 35.9 Å². The molecule has 0 unspecified atom stereocenters. The van der Waals surface area contributed by atoms with Gasteiger partial charge in [-0.1, -0.05) is 6.07 Å². The number of amides is 2. The minimum Gasteiger partial charge on any atom is -0.337 e. The van der Waals surface area contributed by atoms with Crippen LogP contribution in [-0.4, -0.2) is 29.5 Å². The quantitative estimate of drug-likeness (QED) is 0.906. The highest BCUT2D eigenvalue weighted by Gasteiger charge is 2.18. The highest BCUT2D eigenvalue weighted by molar-refractivity contribution is 7.99. The summed E-state index contributed by atoms with van der Waals surface area (Å²) in [6.07, 6.45) is 0.429. The Kier molecular flexibility index (Phi) is 5.03. The largest absolute Gasteiger partial charge is 0.337 e. The molecule has 0 aliphatic carbocycles. The molecule has 1 N–H and O–H groups in total. The van der Waals surface area contributed by atoms with E-state index in [1.165, 1.54) is 11.0 Å².